The molecule has 6 heteroatoms. The van der Waals surface area contributed by atoms with E-state index < -0.39 is 11.9 Å². The molecule has 0 saturated heterocycles. The molecule has 0 unspecified atom stereocenters. The number of anilines is 1. The normalized spacial score (nSPS) is 9.85. The number of carbonyl (C=O) groups excluding carboxylic acids is 1. The minimum Gasteiger partial charge on any atom is -0.497 e. The highest BCUT2D eigenvalue weighted by Crippen LogP contribution is 2.15. The number of nitrogens with one attached hydrogen (secondary N) is 1. The van der Waals surface area contributed by atoms with Gasteiger partial charge in [-0.3, -0.25) is 4.79 Å². The van der Waals surface area contributed by atoms with Crippen molar-refractivity contribution < 1.29 is 19.4 Å². The van der Waals surface area contributed by atoms with E-state index >= 15 is 0 Å². The van der Waals surface area contributed by atoms with Crippen LogP contribution in [0.15, 0.2) is 42.5 Å². The lowest BCUT2D eigenvalue weighted by molar-refractivity contribution is 0.0690. The summed E-state index contributed by atoms with van der Waals surface area (Å²) in [6.45, 7) is 0. The predicted molar refractivity (Wildman–Crippen MR) is 72.1 cm³/mol. The average Bonchev–Trinajstić information content (AvgIpc) is 2.48. The molecule has 2 aromatic rings. The Kier molecular flexibility index (Phi) is 3.95. The minimum absolute atomic E-state index is 0.0423. The molecule has 0 aliphatic rings. The number of carboxylic acids is 1. The fraction of sp³-hybridized carbons (Fsp3) is 0.0714. The first-order valence-electron chi connectivity index (χ1n) is 5.76. The SMILES string of the molecule is COc1ccc(NC(=O)c2cccc(C(=O)O)n2)cc1. The van der Waals surface area contributed by atoms with Crippen LogP contribution in [0.5, 0.6) is 5.75 Å². The molecule has 0 saturated carbocycles. The lowest BCUT2D eigenvalue weighted by Gasteiger charge is -2.06. The summed E-state index contributed by atoms with van der Waals surface area (Å²) in [6, 6.07) is 11.0. The van der Waals surface area contributed by atoms with Crippen molar-refractivity contribution in [2.45, 2.75) is 0 Å². The maximum Gasteiger partial charge on any atom is 0.354 e. The first-order valence-corrected chi connectivity index (χ1v) is 5.76. The number of hydrogen-bond donors (Lipinski definition) is 2. The minimum atomic E-state index is -1.18. The molecular weight excluding hydrogens is 260 g/mol. The molecule has 0 aliphatic heterocycles. The standard InChI is InChI=1S/C14H12N2O4/c1-20-10-7-5-9(6-8-10)15-13(17)11-3-2-4-12(16-11)14(18)19/h2-8H,1H3,(H,15,17)(H,18,19). The van der Waals surface area contributed by atoms with Crippen LogP contribution in [-0.4, -0.2) is 29.1 Å². The number of carboxylic acid groups (broad SMARTS) is 1. The molecule has 0 aliphatic carbocycles. The monoisotopic (exact) mass is 272 g/mol. The van der Waals surface area contributed by atoms with Gasteiger partial charge in [0.25, 0.3) is 5.91 Å². The Bertz CT molecular complexity index is 638. The van der Waals surface area contributed by atoms with Crippen molar-refractivity contribution in [2.24, 2.45) is 0 Å². The van der Waals surface area contributed by atoms with Gasteiger partial charge in [0.1, 0.15) is 17.1 Å². The summed E-state index contributed by atoms with van der Waals surface area (Å²) in [5.41, 5.74) is 0.437. The van der Waals surface area contributed by atoms with Gasteiger partial charge in [0.05, 0.1) is 7.11 Å². The third-order valence-electron chi connectivity index (χ3n) is 2.55. The largest absolute Gasteiger partial charge is 0.497 e. The van der Waals surface area contributed by atoms with Gasteiger partial charge < -0.3 is 15.2 Å². The van der Waals surface area contributed by atoms with Gasteiger partial charge in [0.15, 0.2) is 0 Å². The van der Waals surface area contributed by atoms with E-state index in [4.69, 9.17) is 9.84 Å². The third-order valence-corrected chi connectivity index (χ3v) is 2.55. The van der Waals surface area contributed by atoms with E-state index in [2.05, 4.69) is 10.3 Å². The van der Waals surface area contributed by atoms with Crippen LogP contribution in [0, 0.1) is 0 Å². The fourth-order valence-corrected chi connectivity index (χ4v) is 1.55. The summed E-state index contributed by atoms with van der Waals surface area (Å²) in [6.07, 6.45) is 0. The zero-order valence-electron chi connectivity index (χ0n) is 10.7. The van der Waals surface area contributed by atoms with Crippen molar-refractivity contribution in [1.82, 2.24) is 4.98 Å². The predicted octanol–water partition coefficient (Wildman–Crippen LogP) is 2.04. The van der Waals surface area contributed by atoms with Gasteiger partial charge in [-0.25, -0.2) is 9.78 Å². The number of benzene rings is 1. The number of rotatable bonds is 4. The van der Waals surface area contributed by atoms with Gasteiger partial charge in [0, 0.05) is 5.69 Å². The zero-order chi connectivity index (χ0) is 14.5. The fourth-order valence-electron chi connectivity index (χ4n) is 1.55. The van der Waals surface area contributed by atoms with Gasteiger partial charge in [-0.1, -0.05) is 6.07 Å². The molecule has 0 bridgehead atoms. The van der Waals surface area contributed by atoms with Crippen molar-refractivity contribution in [1.29, 1.82) is 0 Å². The van der Waals surface area contributed by atoms with Gasteiger partial charge in [0.2, 0.25) is 0 Å². The van der Waals surface area contributed by atoms with Crippen molar-refractivity contribution in [3.05, 3.63) is 53.9 Å². The molecule has 20 heavy (non-hydrogen) atoms. The number of pyridine rings is 1. The Labute approximate surface area is 115 Å². The summed E-state index contributed by atoms with van der Waals surface area (Å²) in [4.78, 5) is 26.5. The number of carbonyl (C=O) groups is 2. The van der Waals surface area contributed by atoms with E-state index in [1.165, 1.54) is 18.2 Å². The second kappa shape index (κ2) is 5.83. The third kappa shape index (κ3) is 3.11. The first kappa shape index (κ1) is 13.5. The molecule has 2 N–H and O–H groups in total. The number of ether oxygens (including phenoxy) is 1. The van der Waals surface area contributed by atoms with Crippen LogP contribution < -0.4 is 10.1 Å². The quantitative estimate of drug-likeness (QED) is 0.889. The van der Waals surface area contributed by atoms with Crippen LogP contribution in [0.1, 0.15) is 21.0 Å². The number of amides is 1. The molecule has 6 nitrogen and oxygen atoms in total. The smallest absolute Gasteiger partial charge is 0.354 e. The highest BCUT2D eigenvalue weighted by molar-refractivity contribution is 6.03. The number of hydrogen-bond acceptors (Lipinski definition) is 4. The van der Waals surface area contributed by atoms with E-state index in [9.17, 15) is 9.59 Å². The van der Waals surface area contributed by atoms with Gasteiger partial charge in [-0.2, -0.15) is 0 Å². The van der Waals surface area contributed by atoms with Crippen molar-refractivity contribution in [3.63, 3.8) is 0 Å². The van der Waals surface area contributed by atoms with Crippen LogP contribution in [0.25, 0.3) is 0 Å². The Balaban J connectivity index is 2.14. The average molecular weight is 272 g/mol. The molecule has 1 aromatic carbocycles. The lowest BCUT2D eigenvalue weighted by atomic mass is 10.2. The summed E-state index contributed by atoms with van der Waals surface area (Å²) in [5, 5.41) is 11.5. The van der Waals surface area contributed by atoms with Crippen LogP contribution in [-0.2, 0) is 0 Å². The number of nitrogens with zero attached hydrogens (tertiary/aromatic N) is 1. The molecule has 102 valence electrons. The summed E-state index contributed by atoms with van der Waals surface area (Å²) in [5.74, 6) is -0.976. The van der Waals surface area contributed by atoms with Crippen molar-refractivity contribution in [2.75, 3.05) is 12.4 Å². The highest BCUT2D eigenvalue weighted by atomic mass is 16.5. The zero-order valence-corrected chi connectivity index (χ0v) is 10.7. The Hall–Kier alpha value is -2.89. The van der Waals surface area contributed by atoms with Gasteiger partial charge >= 0.3 is 5.97 Å². The Morgan fingerprint density at radius 3 is 2.35 bits per heavy atom. The van der Waals surface area contributed by atoms with E-state index in [1.54, 1.807) is 31.4 Å². The molecule has 0 radical (unpaired) electrons. The maximum atomic E-state index is 11.9. The number of methoxy groups -OCH3 is 1. The van der Waals surface area contributed by atoms with E-state index in [-0.39, 0.29) is 11.4 Å². The Morgan fingerprint density at radius 1 is 1.10 bits per heavy atom. The topological polar surface area (TPSA) is 88.5 Å². The lowest BCUT2D eigenvalue weighted by Crippen LogP contribution is -2.15. The van der Waals surface area contributed by atoms with Crippen LogP contribution >= 0.6 is 0 Å². The maximum absolute atomic E-state index is 11.9. The second-order valence-corrected chi connectivity index (χ2v) is 3.90. The molecule has 1 heterocycles. The van der Waals surface area contributed by atoms with E-state index in [1.807, 2.05) is 0 Å². The summed E-state index contributed by atoms with van der Waals surface area (Å²) < 4.78 is 5.01. The molecule has 1 amide bonds. The van der Waals surface area contributed by atoms with Gasteiger partial charge in [-0.05, 0) is 36.4 Å². The first-order chi connectivity index (χ1) is 9.60. The highest BCUT2D eigenvalue weighted by Gasteiger charge is 2.11. The molecule has 0 fully saturated rings. The summed E-state index contributed by atoms with van der Waals surface area (Å²) in [7, 11) is 1.55. The molecule has 0 spiro atoms. The second-order valence-electron chi connectivity index (χ2n) is 3.90. The molecule has 1 aromatic heterocycles. The van der Waals surface area contributed by atoms with Crippen molar-refractivity contribution in [3.8, 4) is 5.75 Å². The van der Waals surface area contributed by atoms with E-state index in [0.29, 0.717) is 11.4 Å². The van der Waals surface area contributed by atoms with Crippen LogP contribution in [0.4, 0.5) is 5.69 Å². The molecular formula is C14H12N2O4. The van der Waals surface area contributed by atoms with Crippen molar-refractivity contribution >= 4 is 17.6 Å². The number of aromatic carboxylic acids is 1. The Morgan fingerprint density at radius 2 is 1.75 bits per heavy atom. The molecule has 0 atom stereocenters. The van der Waals surface area contributed by atoms with Crippen LogP contribution in [0.3, 0.4) is 0 Å². The van der Waals surface area contributed by atoms with Gasteiger partial charge in [-0.15, -0.1) is 0 Å². The van der Waals surface area contributed by atoms with Crippen LogP contribution in [0.2, 0.25) is 0 Å². The van der Waals surface area contributed by atoms with E-state index in [0.717, 1.165) is 0 Å². The summed E-state index contributed by atoms with van der Waals surface area (Å²) >= 11 is 0. The molecule has 2 rings (SSSR count). The number of aromatic nitrogens is 1.